The van der Waals surface area contributed by atoms with Crippen molar-refractivity contribution in [1.29, 1.82) is 0 Å². The van der Waals surface area contributed by atoms with Gasteiger partial charge in [-0.25, -0.2) is 4.98 Å². The van der Waals surface area contributed by atoms with Gasteiger partial charge in [0.15, 0.2) is 5.76 Å². The minimum absolute atomic E-state index is 0.0560. The molecule has 4 heterocycles. The molecular formula is C18H14F3N5O2. The summed E-state index contributed by atoms with van der Waals surface area (Å²) in [6.45, 7) is -0.913. The highest BCUT2D eigenvalue weighted by Gasteiger charge is 2.28. The number of carbonyl (C=O) groups is 1. The van der Waals surface area contributed by atoms with Crippen LogP contribution in [0.2, 0.25) is 0 Å². The molecule has 4 aromatic heterocycles. The molecule has 0 aliphatic heterocycles. The van der Waals surface area contributed by atoms with E-state index in [1.54, 1.807) is 6.20 Å². The van der Waals surface area contributed by atoms with Gasteiger partial charge in [-0.05, 0) is 29.8 Å². The SMILES string of the molecule is O=C(NCc1ccn2ccnc2c1)c1ccc(-c2cnn(CC(F)(F)F)c2)o1. The van der Waals surface area contributed by atoms with Crippen molar-refractivity contribution < 1.29 is 22.4 Å². The minimum atomic E-state index is -4.36. The molecule has 4 rings (SSSR count). The number of halogens is 3. The zero-order valence-corrected chi connectivity index (χ0v) is 14.3. The molecule has 0 fully saturated rings. The average molecular weight is 389 g/mol. The number of aromatic nitrogens is 4. The smallest absolute Gasteiger partial charge is 0.408 e. The standard InChI is InChI=1S/C18H14F3N5O2/c19-18(20,21)11-26-10-13(9-24-26)14-1-2-15(28-14)17(27)23-8-12-3-5-25-6-4-22-16(25)7-12/h1-7,9-10H,8,11H2,(H,23,27). The quantitative estimate of drug-likeness (QED) is 0.568. The Bertz CT molecular complexity index is 1130. The Balaban J connectivity index is 1.41. The van der Waals surface area contributed by atoms with E-state index in [2.05, 4.69) is 15.4 Å². The summed E-state index contributed by atoms with van der Waals surface area (Å²) >= 11 is 0. The zero-order valence-electron chi connectivity index (χ0n) is 14.3. The number of nitrogens with zero attached hydrogens (tertiary/aromatic N) is 4. The number of hydrogen-bond acceptors (Lipinski definition) is 4. The fourth-order valence-corrected chi connectivity index (χ4v) is 2.71. The number of furan rings is 1. The largest absolute Gasteiger partial charge is 0.451 e. The van der Waals surface area contributed by atoms with E-state index in [9.17, 15) is 18.0 Å². The maximum absolute atomic E-state index is 12.4. The first-order valence-electron chi connectivity index (χ1n) is 8.27. The maximum Gasteiger partial charge on any atom is 0.408 e. The molecule has 0 aliphatic rings. The summed E-state index contributed by atoms with van der Waals surface area (Å²) in [6, 6.07) is 6.68. The molecule has 144 valence electrons. The first-order valence-corrected chi connectivity index (χ1v) is 8.27. The number of fused-ring (bicyclic) bond motifs is 1. The molecule has 7 nitrogen and oxygen atoms in total. The first-order chi connectivity index (χ1) is 13.4. The molecule has 4 aromatic rings. The zero-order chi connectivity index (χ0) is 19.7. The van der Waals surface area contributed by atoms with Gasteiger partial charge in [-0.15, -0.1) is 0 Å². The third kappa shape index (κ3) is 3.90. The summed E-state index contributed by atoms with van der Waals surface area (Å²) in [5.41, 5.74) is 1.99. The Morgan fingerprint density at radius 1 is 1.21 bits per heavy atom. The Morgan fingerprint density at radius 3 is 2.89 bits per heavy atom. The van der Waals surface area contributed by atoms with Crippen LogP contribution in [0.15, 0.2) is 59.7 Å². The third-order valence-corrected chi connectivity index (χ3v) is 4.00. The number of hydrogen-bond donors (Lipinski definition) is 1. The molecule has 0 spiro atoms. The fourth-order valence-electron chi connectivity index (χ4n) is 2.71. The normalized spacial score (nSPS) is 11.8. The van der Waals surface area contributed by atoms with Crippen molar-refractivity contribution in [3.63, 3.8) is 0 Å². The number of imidazole rings is 1. The van der Waals surface area contributed by atoms with Gasteiger partial charge in [0, 0.05) is 31.3 Å². The molecule has 0 aromatic carbocycles. The Hall–Kier alpha value is -3.56. The molecule has 0 radical (unpaired) electrons. The second-order valence-corrected chi connectivity index (χ2v) is 6.12. The lowest BCUT2D eigenvalue weighted by molar-refractivity contribution is -0.142. The van der Waals surface area contributed by atoms with E-state index < -0.39 is 18.6 Å². The highest BCUT2D eigenvalue weighted by molar-refractivity contribution is 5.92. The third-order valence-electron chi connectivity index (χ3n) is 4.00. The molecule has 1 N–H and O–H groups in total. The van der Waals surface area contributed by atoms with Crippen molar-refractivity contribution in [3.8, 4) is 11.3 Å². The fraction of sp³-hybridized carbons (Fsp3) is 0.167. The molecule has 10 heteroatoms. The number of carbonyl (C=O) groups excluding carboxylic acids is 1. The molecular weight excluding hydrogens is 375 g/mol. The summed E-state index contributed by atoms with van der Waals surface area (Å²) in [5.74, 6) is -0.116. The lowest BCUT2D eigenvalue weighted by atomic mass is 10.2. The average Bonchev–Trinajstić information content (AvgIpc) is 3.37. The predicted molar refractivity (Wildman–Crippen MR) is 92.3 cm³/mol. The molecule has 0 saturated carbocycles. The Kier molecular flexibility index (Phi) is 4.38. The number of rotatable bonds is 5. The second kappa shape index (κ2) is 6.87. The molecule has 0 saturated heterocycles. The summed E-state index contributed by atoms with van der Waals surface area (Å²) in [4.78, 5) is 16.5. The van der Waals surface area contributed by atoms with Crippen LogP contribution in [-0.2, 0) is 13.1 Å². The lowest BCUT2D eigenvalue weighted by Crippen LogP contribution is -2.22. The van der Waals surface area contributed by atoms with Gasteiger partial charge in [-0.1, -0.05) is 0 Å². The van der Waals surface area contributed by atoms with E-state index in [1.807, 2.05) is 28.9 Å². The summed E-state index contributed by atoms with van der Waals surface area (Å²) < 4.78 is 45.3. The van der Waals surface area contributed by atoms with Gasteiger partial charge >= 0.3 is 6.18 Å². The van der Waals surface area contributed by atoms with Gasteiger partial charge in [0.2, 0.25) is 0 Å². The van der Waals surface area contributed by atoms with E-state index in [0.717, 1.165) is 15.9 Å². The Morgan fingerprint density at radius 2 is 2.07 bits per heavy atom. The number of alkyl halides is 3. The van der Waals surface area contributed by atoms with Crippen LogP contribution >= 0.6 is 0 Å². The van der Waals surface area contributed by atoms with Gasteiger partial charge in [-0.3, -0.25) is 9.48 Å². The van der Waals surface area contributed by atoms with Crippen LogP contribution < -0.4 is 5.32 Å². The highest BCUT2D eigenvalue weighted by Crippen LogP contribution is 2.23. The minimum Gasteiger partial charge on any atom is -0.451 e. The van der Waals surface area contributed by atoms with Crippen LogP contribution in [0.25, 0.3) is 17.0 Å². The van der Waals surface area contributed by atoms with Crippen LogP contribution in [0, 0.1) is 0 Å². The molecule has 28 heavy (non-hydrogen) atoms. The maximum atomic E-state index is 12.4. The molecule has 0 atom stereocenters. The predicted octanol–water partition coefficient (Wildman–Crippen LogP) is 3.28. The van der Waals surface area contributed by atoms with Gasteiger partial charge in [0.25, 0.3) is 5.91 Å². The Labute approximate surface area is 156 Å². The summed E-state index contributed by atoms with van der Waals surface area (Å²) in [7, 11) is 0. The van der Waals surface area contributed by atoms with E-state index in [1.165, 1.54) is 24.5 Å². The molecule has 1 amide bonds. The number of nitrogens with one attached hydrogen (secondary N) is 1. The first kappa shape index (κ1) is 17.8. The van der Waals surface area contributed by atoms with Gasteiger partial charge in [0.05, 0.1) is 11.8 Å². The van der Waals surface area contributed by atoms with E-state index in [0.29, 0.717) is 5.56 Å². The van der Waals surface area contributed by atoms with Gasteiger partial charge in [-0.2, -0.15) is 18.3 Å². The molecule has 0 unspecified atom stereocenters. The molecule has 0 bridgehead atoms. The second-order valence-electron chi connectivity index (χ2n) is 6.12. The van der Waals surface area contributed by atoms with Crippen molar-refractivity contribution in [2.45, 2.75) is 19.3 Å². The summed E-state index contributed by atoms with van der Waals surface area (Å²) in [6.07, 6.45) is 3.45. The van der Waals surface area contributed by atoms with Gasteiger partial charge in [0.1, 0.15) is 18.0 Å². The van der Waals surface area contributed by atoms with E-state index >= 15 is 0 Å². The van der Waals surface area contributed by atoms with Crippen molar-refractivity contribution in [2.24, 2.45) is 0 Å². The summed E-state index contributed by atoms with van der Waals surface area (Å²) in [5, 5.41) is 6.39. The highest BCUT2D eigenvalue weighted by atomic mass is 19.4. The number of pyridine rings is 1. The van der Waals surface area contributed by atoms with Gasteiger partial charge < -0.3 is 14.1 Å². The van der Waals surface area contributed by atoms with Crippen molar-refractivity contribution in [2.75, 3.05) is 0 Å². The van der Waals surface area contributed by atoms with Crippen LogP contribution in [0.3, 0.4) is 0 Å². The van der Waals surface area contributed by atoms with E-state index in [-0.39, 0.29) is 18.1 Å². The van der Waals surface area contributed by atoms with Crippen molar-refractivity contribution in [1.82, 2.24) is 24.5 Å². The van der Waals surface area contributed by atoms with E-state index in [4.69, 9.17) is 4.42 Å². The number of amides is 1. The van der Waals surface area contributed by atoms with Crippen LogP contribution in [-0.4, -0.2) is 31.2 Å². The topological polar surface area (TPSA) is 77.4 Å². The molecule has 0 aliphatic carbocycles. The van der Waals surface area contributed by atoms with Crippen LogP contribution in [0.1, 0.15) is 16.1 Å². The van der Waals surface area contributed by atoms with Crippen LogP contribution in [0.5, 0.6) is 0 Å². The lowest BCUT2D eigenvalue weighted by Gasteiger charge is -2.05. The van der Waals surface area contributed by atoms with Crippen molar-refractivity contribution >= 4 is 11.6 Å². The monoisotopic (exact) mass is 389 g/mol. The van der Waals surface area contributed by atoms with Crippen LogP contribution in [0.4, 0.5) is 13.2 Å². The van der Waals surface area contributed by atoms with Crippen molar-refractivity contribution in [3.05, 3.63) is 66.6 Å².